The Morgan fingerprint density at radius 2 is 1.44 bits per heavy atom. The van der Waals surface area contributed by atoms with Crippen LogP contribution in [-0.2, 0) is 21.1 Å². The number of amides is 3. The standard InChI is InChI=1S/C30H29N3O5S/c1-38-27-14-8-7-13-25(27)32-30(35)33-26(20-21-10-4-3-5-11-21)29(34)31-23-18-16-22(17-19-23)24-12-6-9-15-28(24)39(2,36)37/h3-19,26H,20H2,1-2H3,(H,31,34)(H2,32,33,35)/t26-/m1/s1. The average molecular weight is 544 g/mol. The topological polar surface area (TPSA) is 114 Å². The maximum absolute atomic E-state index is 13.3. The normalized spacial score (nSPS) is 11.7. The highest BCUT2D eigenvalue weighted by molar-refractivity contribution is 7.90. The maximum Gasteiger partial charge on any atom is 0.320 e. The Kier molecular flexibility index (Phi) is 8.63. The molecule has 4 aromatic carbocycles. The van der Waals surface area contributed by atoms with Crippen LogP contribution in [0.2, 0.25) is 0 Å². The van der Waals surface area contributed by atoms with Gasteiger partial charge in [-0.2, -0.15) is 0 Å². The summed E-state index contributed by atoms with van der Waals surface area (Å²) in [6.07, 6.45) is 1.44. The fourth-order valence-electron chi connectivity index (χ4n) is 4.11. The zero-order chi connectivity index (χ0) is 27.8. The average Bonchev–Trinajstić information content (AvgIpc) is 2.93. The van der Waals surface area contributed by atoms with Crippen molar-refractivity contribution in [2.45, 2.75) is 17.4 Å². The largest absolute Gasteiger partial charge is 0.495 e. The van der Waals surface area contributed by atoms with Crippen LogP contribution in [0.3, 0.4) is 0 Å². The zero-order valence-corrected chi connectivity index (χ0v) is 22.4. The van der Waals surface area contributed by atoms with Crippen molar-refractivity contribution in [2.75, 3.05) is 24.0 Å². The first-order valence-corrected chi connectivity index (χ1v) is 14.1. The number of ether oxygens (including phenoxy) is 1. The lowest BCUT2D eigenvalue weighted by Crippen LogP contribution is -2.47. The first-order valence-electron chi connectivity index (χ1n) is 12.2. The van der Waals surface area contributed by atoms with E-state index >= 15 is 0 Å². The molecule has 1 atom stereocenters. The third-order valence-corrected chi connectivity index (χ3v) is 7.16. The van der Waals surface area contributed by atoms with Gasteiger partial charge in [0.25, 0.3) is 0 Å². The van der Waals surface area contributed by atoms with E-state index in [-0.39, 0.29) is 11.3 Å². The molecule has 4 rings (SSSR count). The Bertz CT molecular complexity index is 1560. The number of carbonyl (C=O) groups is 2. The van der Waals surface area contributed by atoms with Gasteiger partial charge in [-0.3, -0.25) is 4.79 Å². The summed E-state index contributed by atoms with van der Waals surface area (Å²) in [5, 5.41) is 8.35. The number of methoxy groups -OCH3 is 1. The number of benzene rings is 4. The van der Waals surface area contributed by atoms with E-state index in [9.17, 15) is 18.0 Å². The molecule has 3 amide bonds. The molecular weight excluding hydrogens is 514 g/mol. The summed E-state index contributed by atoms with van der Waals surface area (Å²) in [5.41, 5.74) is 3.13. The molecule has 0 aromatic heterocycles. The monoisotopic (exact) mass is 543 g/mol. The fraction of sp³-hybridized carbons (Fsp3) is 0.133. The molecule has 0 aliphatic carbocycles. The van der Waals surface area contributed by atoms with Crippen LogP contribution in [0.5, 0.6) is 5.75 Å². The van der Waals surface area contributed by atoms with Crippen LogP contribution >= 0.6 is 0 Å². The summed E-state index contributed by atoms with van der Waals surface area (Å²) < 4.78 is 29.7. The lowest BCUT2D eigenvalue weighted by molar-refractivity contribution is -0.117. The van der Waals surface area contributed by atoms with Gasteiger partial charge in [-0.05, 0) is 41.5 Å². The molecule has 0 heterocycles. The van der Waals surface area contributed by atoms with Gasteiger partial charge in [-0.25, -0.2) is 13.2 Å². The van der Waals surface area contributed by atoms with E-state index in [4.69, 9.17) is 4.74 Å². The zero-order valence-electron chi connectivity index (χ0n) is 21.5. The Morgan fingerprint density at radius 1 is 0.795 bits per heavy atom. The van der Waals surface area contributed by atoms with E-state index in [1.165, 1.54) is 13.4 Å². The van der Waals surface area contributed by atoms with E-state index < -0.39 is 27.8 Å². The Hall–Kier alpha value is -4.63. The molecule has 0 saturated heterocycles. The number of anilines is 2. The molecule has 0 saturated carbocycles. The van der Waals surface area contributed by atoms with E-state index in [0.717, 1.165) is 5.56 Å². The van der Waals surface area contributed by atoms with Gasteiger partial charge < -0.3 is 20.7 Å². The highest BCUT2D eigenvalue weighted by Gasteiger charge is 2.22. The number of sulfone groups is 1. The van der Waals surface area contributed by atoms with E-state index in [0.29, 0.717) is 28.3 Å². The minimum Gasteiger partial charge on any atom is -0.495 e. The van der Waals surface area contributed by atoms with Crippen LogP contribution in [0.25, 0.3) is 11.1 Å². The number of rotatable bonds is 9. The van der Waals surface area contributed by atoms with Crippen LogP contribution in [0.1, 0.15) is 5.56 Å². The van der Waals surface area contributed by atoms with Crippen molar-refractivity contribution >= 4 is 33.2 Å². The van der Waals surface area contributed by atoms with Crippen molar-refractivity contribution in [1.82, 2.24) is 5.32 Å². The van der Waals surface area contributed by atoms with Crippen LogP contribution in [-0.4, -0.2) is 39.8 Å². The predicted molar refractivity (Wildman–Crippen MR) is 153 cm³/mol. The summed E-state index contributed by atoms with van der Waals surface area (Å²) in [6, 6.07) is 28.6. The lowest BCUT2D eigenvalue weighted by Gasteiger charge is -2.20. The van der Waals surface area contributed by atoms with Crippen molar-refractivity contribution in [3.63, 3.8) is 0 Å². The predicted octanol–water partition coefficient (Wildman–Crippen LogP) is 5.14. The number of para-hydroxylation sites is 2. The summed E-state index contributed by atoms with van der Waals surface area (Å²) in [6.45, 7) is 0. The minimum absolute atomic E-state index is 0.231. The minimum atomic E-state index is -3.41. The SMILES string of the molecule is COc1ccccc1NC(=O)N[C@H](Cc1ccccc1)C(=O)Nc1ccc(-c2ccccc2S(C)(=O)=O)cc1. The van der Waals surface area contributed by atoms with Crippen molar-refractivity contribution < 1.29 is 22.7 Å². The molecule has 4 aromatic rings. The highest BCUT2D eigenvalue weighted by Crippen LogP contribution is 2.28. The molecule has 0 spiro atoms. The summed E-state index contributed by atoms with van der Waals surface area (Å²) in [7, 11) is -1.91. The third-order valence-electron chi connectivity index (χ3n) is 6.01. The lowest BCUT2D eigenvalue weighted by atomic mass is 10.0. The molecule has 0 radical (unpaired) electrons. The van der Waals surface area contributed by atoms with Crippen molar-refractivity contribution in [3.8, 4) is 16.9 Å². The van der Waals surface area contributed by atoms with Crippen molar-refractivity contribution in [2.24, 2.45) is 0 Å². The van der Waals surface area contributed by atoms with Crippen LogP contribution in [0, 0.1) is 0 Å². The molecule has 8 nitrogen and oxygen atoms in total. The van der Waals surface area contributed by atoms with Gasteiger partial charge in [0.1, 0.15) is 11.8 Å². The van der Waals surface area contributed by atoms with Gasteiger partial charge in [0, 0.05) is 23.9 Å². The van der Waals surface area contributed by atoms with Crippen molar-refractivity contribution in [3.05, 3.63) is 109 Å². The van der Waals surface area contributed by atoms with Gasteiger partial charge in [0.15, 0.2) is 9.84 Å². The second-order valence-corrected chi connectivity index (χ2v) is 10.9. The van der Waals surface area contributed by atoms with Gasteiger partial charge in [0.05, 0.1) is 17.7 Å². The number of hydrogen-bond donors (Lipinski definition) is 3. The molecule has 39 heavy (non-hydrogen) atoms. The Labute approximate surface area is 228 Å². The number of hydrogen-bond acceptors (Lipinski definition) is 5. The molecule has 0 unspecified atom stereocenters. The quantitative estimate of drug-likeness (QED) is 0.271. The smallest absolute Gasteiger partial charge is 0.320 e. The van der Waals surface area contributed by atoms with Gasteiger partial charge in [-0.15, -0.1) is 0 Å². The third kappa shape index (κ3) is 7.24. The second-order valence-electron chi connectivity index (χ2n) is 8.88. The van der Waals surface area contributed by atoms with E-state index in [1.54, 1.807) is 72.8 Å². The number of carbonyl (C=O) groups excluding carboxylic acids is 2. The molecule has 0 aliphatic heterocycles. The Balaban J connectivity index is 1.51. The number of nitrogens with one attached hydrogen (secondary N) is 3. The first kappa shape index (κ1) is 27.4. The molecular formula is C30H29N3O5S. The van der Waals surface area contributed by atoms with E-state index in [1.807, 2.05) is 30.3 Å². The van der Waals surface area contributed by atoms with Gasteiger partial charge in [0.2, 0.25) is 5.91 Å². The molecule has 0 aliphatic rings. The summed E-state index contributed by atoms with van der Waals surface area (Å²) >= 11 is 0. The van der Waals surface area contributed by atoms with Gasteiger partial charge >= 0.3 is 6.03 Å². The van der Waals surface area contributed by atoms with Crippen molar-refractivity contribution in [1.29, 1.82) is 0 Å². The van der Waals surface area contributed by atoms with Crippen LogP contribution < -0.4 is 20.7 Å². The van der Waals surface area contributed by atoms with Crippen LogP contribution in [0.4, 0.5) is 16.2 Å². The molecule has 9 heteroatoms. The molecule has 0 bridgehead atoms. The molecule has 3 N–H and O–H groups in total. The molecule has 200 valence electrons. The second kappa shape index (κ2) is 12.3. The van der Waals surface area contributed by atoms with E-state index in [2.05, 4.69) is 16.0 Å². The molecule has 0 fully saturated rings. The summed E-state index contributed by atoms with van der Waals surface area (Å²) in [5.74, 6) is 0.0903. The highest BCUT2D eigenvalue weighted by atomic mass is 32.2. The fourth-order valence-corrected chi connectivity index (χ4v) is 5.03. The van der Waals surface area contributed by atoms with Crippen LogP contribution in [0.15, 0.2) is 108 Å². The Morgan fingerprint density at radius 3 is 2.13 bits per heavy atom. The summed E-state index contributed by atoms with van der Waals surface area (Å²) in [4.78, 5) is 26.4. The number of urea groups is 1. The first-order chi connectivity index (χ1) is 18.7. The maximum atomic E-state index is 13.3. The van der Waals surface area contributed by atoms with Gasteiger partial charge in [-0.1, -0.05) is 72.8 Å².